The number of benzene rings is 3. The maximum atomic E-state index is 13.8. The van der Waals surface area contributed by atoms with Crippen LogP contribution >= 0.6 is 23.2 Å². The van der Waals surface area contributed by atoms with Gasteiger partial charge in [-0.05, 0) is 80.0 Å². The second kappa shape index (κ2) is 11.4. The number of rotatable bonds is 8. The van der Waals surface area contributed by atoms with E-state index in [0.29, 0.717) is 16.3 Å². The lowest BCUT2D eigenvalue weighted by Crippen LogP contribution is -2.39. The molecule has 3 aromatic carbocycles. The fourth-order valence-corrected chi connectivity index (χ4v) is 5.96. The number of anilines is 1. The van der Waals surface area contributed by atoms with Crippen LogP contribution in [0.3, 0.4) is 0 Å². The van der Waals surface area contributed by atoms with Crippen LogP contribution in [0.15, 0.2) is 64.0 Å². The van der Waals surface area contributed by atoms with E-state index in [2.05, 4.69) is 10.1 Å². The standard InChI is InChI=1S/C27H25Cl2N3O7S/c1-5-37-26(34)24-30-25(39-31-24)22-8-6-7-16-11-19(9-10-21(16)22)32(15-23(33)38-27(2,3)4)40(35,36)20-13-17(28)12-18(29)14-20/h6-14H,5,15H2,1-4H3. The number of ether oxygens (including phenoxy) is 2. The van der Waals surface area contributed by atoms with E-state index < -0.39 is 34.1 Å². The van der Waals surface area contributed by atoms with Gasteiger partial charge in [0.2, 0.25) is 0 Å². The van der Waals surface area contributed by atoms with Crippen LogP contribution in [0.25, 0.3) is 22.2 Å². The molecule has 40 heavy (non-hydrogen) atoms. The molecule has 0 N–H and O–H groups in total. The van der Waals surface area contributed by atoms with Crippen molar-refractivity contribution in [1.82, 2.24) is 10.1 Å². The van der Waals surface area contributed by atoms with Crippen LogP contribution in [0.5, 0.6) is 0 Å². The molecule has 1 aromatic heterocycles. The average molecular weight is 606 g/mol. The number of sulfonamides is 1. The fraction of sp³-hybridized carbons (Fsp3) is 0.259. The molecule has 0 aliphatic rings. The summed E-state index contributed by atoms with van der Waals surface area (Å²) in [5.41, 5.74) is -0.143. The van der Waals surface area contributed by atoms with Gasteiger partial charge in [-0.1, -0.05) is 41.4 Å². The Labute approximate surface area is 240 Å². The van der Waals surface area contributed by atoms with Crippen molar-refractivity contribution in [3.8, 4) is 11.5 Å². The van der Waals surface area contributed by atoms with Gasteiger partial charge in [-0.25, -0.2) is 13.2 Å². The van der Waals surface area contributed by atoms with Gasteiger partial charge in [0.15, 0.2) is 0 Å². The summed E-state index contributed by atoms with van der Waals surface area (Å²) < 4.78 is 44.1. The number of carbonyl (C=O) groups is 2. The summed E-state index contributed by atoms with van der Waals surface area (Å²) in [6.45, 7) is 6.26. The molecular weight excluding hydrogens is 581 g/mol. The Morgan fingerprint density at radius 1 is 1.02 bits per heavy atom. The van der Waals surface area contributed by atoms with E-state index in [1.165, 1.54) is 24.3 Å². The lowest BCUT2D eigenvalue weighted by atomic mass is 10.0. The Balaban J connectivity index is 1.80. The number of fused-ring (bicyclic) bond motifs is 1. The maximum Gasteiger partial charge on any atom is 0.379 e. The van der Waals surface area contributed by atoms with E-state index in [0.717, 1.165) is 4.31 Å². The number of carbonyl (C=O) groups excluding carboxylic acids is 2. The zero-order chi connectivity index (χ0) is 29.2. The summed E-state index contributed by atoms with van der Waals surface area (Å²) in [4.78, 5) is 28.7. The number of halogens is 2. The molecule has 0 aliphatic carbocycles. The molecule has 0 atom stereocenters. The van der Waals surface area contributed by atoms with Gasteiger partial charge < -0.3 is 14.0 Å². The summed E-state index contributed by atoms with van der Waals surface area (Å²) in [5, 5.41) is 5.15. The highest BCUT2D eigenvalue weighted by Gasteiger charge is 2.30. The van der Waals surface area contributed by atoms with Crippen LogP contribution in [-0.4, -0.2) is 49.2 Å². The molecule has 1 heterocycles. The average Bonchev–Trinajstić information content (AvgIpc) is 3.35. The minimum Gasteiger partial charge on any atom is -0.460 e. The Morgan fingerprint density at radius 2 is 1.73 bits per heavy atom. The monoisotopic (exact) mass is 605 g/mol. The molecule has 0 saturated heterocycles. The smallest absolute Gasteiger partial charge is 0.379 e. The highest BCUT2D eigenvalue weighted by molar-refractivity contribution is 7.92. The van der Waals surface area contributed by atoms with Gasteiger partial charge >= 0.3 is 11.9 Å². The van der Waals surface area contributed by atoms with E-state index >= 15 is 0 Å². The molecule has 13 heteroatoms. The van der Waals surface area contributed by atoms with Crippen LogP contribution < -0.4 is 4.31 Å². The molecule has 4 rings (SSSR count). The molecule has 10 nitrogen and oxygen atoms in total. The Morgan fingerprint density at radius 3 is 2.38 bits per heavy atom. The van der Waals surface area contributed by atoms with Crippen molar-refractivity contribution in [2.75, 3.05) is 17.5 Å². The minimum absolute atomic E-state index is 0.0770. The summed E-state index contributed by atoms with van der Waals surface area (Å²) in [7, 11) is -4.32. The Bertz CT molecular complexity index is 1680. The first kappa shape index (κ1) is 29.3. The maximum absolute atomic E-state index is 13.8. The van der Waals surface area contributed by atoms with Gasteiger partial charge in [0.25, 0.3) is 21.7 Å². The number of hydrogen-bond donors (Lipinski definition) is 0. The SMILES string of the molecule is CCOC(=O)c1noc(-c2cccc3cc(N(CC(=O)OC(C)(C)C)S(=O)(=O)c4cc(Cl)cc(Cl)c4)ccc23)n1. The molecule has 0 saturated carbocycles. The Hall–Kier alpha value is -3.67. The predicted octanol–water partition coefficient (Wildman–Crippen LogP) is 5.91. The molecule has 0 radical (unpaired) electrons. The van der Waals surface area contributed by atoms with Gasteiger partial charge in [0.1, 0.15) is 12.1 Å². The summed E-state index contributed by atoms with van der Waals surface area (Å²) in [6, 6.07) is 13.9. The second-order valence-corrected chi connectivity index (χ2v) is 12.3. The third-order valence-corrected chi connectivity index (χ3v) is 7.57. The summed E-state index contributed by atoms with van der Waals surface area (Å²) in [6.07, 6.45) is 0. The number of hydrogen-bond acceptors (Lipinski definition) is 9. The number of aromatic nitrogens is 2. The molecule has 210 valence electrons. The number of esters is 2. The minimum atomic E-state index is -4.32. The van der Waals surface area contributed by atoms with Gasteiger partial charge in [-0.2, -0.15) is 4.98 Å². The van der Waals surface area contributed by atoms with Gasteiger partial charge in [0.05, 0.1) is 17.2 Å². The van der Waals surface area contributed by atoms with Gasteiger partial charge in [-0.15, -0.1) is 0 Å². The molecule has 4 aromatic rings. The predicted molar refractivity (Wildman–Crippen MR) is 150 cm³/mol. The zero-order valence-corrected chi connectivity index (χ0v) is 24.3. The molecule has 0 fully saturated rings. The lowest BCUT2D eigenvalue weighted by molar-refractivity contribution is -0.152. The van der Waals surface area contributed by atoms with Crippen LogP contribution in [0.4, 0.5) is 5.69 Å². The van der Waals surface area contributed by atoms with Crippen molar-refractivity contribution in [2.45, 2.75) is 38.2 Å². The van der Waals surface area contributed by atoms with E-state index in [1.807, 2.05) is 0 Å². The highest BCUT2D eigenvalue weighted by atomic mass is 35.5. The lowest BCUT2D eigenvalue weighted by Gasteiger charge is -2.27. The number of nitrogens with zero attached hydrogens (tertiary/aromatic N) is 3. The molecule has 0 unspecified atom stereocenters. The van der Waals surface area contributed by atoms with Crippen LogP contribution in [0.1, 0.15) is 38.3 Å². The Kier molecular flexibility index (Phi) is 8.38. The first-order valence-corrected chi connectivity index (χ1v) is 14.2. The first-order valence-electron chi connectivity index (χ1n) is 12.0. The molecular formula is C27H25Cl2N3O7S. The largest absolute Gasteiger partial charge is 0.460 e. The fourth-order valence-electron chi connectivity index (χ4n) is 3.83. The van der Waals surface area contributed by atoms with Gasteiger partial charge in [0, 0.05) is 15.6 Å². The third-order valence-electron chi connectivity index (χ3n) is 5.38. The van der Waals surface area contributed by atoms with Crippen molar-refractivity contribution in [2.24, 2.45) is 0 Å². The normalized spacial score (nSPS) is 11.8. The summed E-state index contributed by atoms with van der Waals surface area (Å²) >= 11 is 12.2. The topological polar surface area (TPSA) is 129 Å². The quantitative estimate of drug-likeness (QED) is 0.225. The van der Waals surface area contributed by atoms with Crippen molar-refractivity contribution in [3.05, 3.63) is 70.5 Å². The third kappa shape index (κ3) is 6.55. The molecule has 0 spiro atoms. The van der Waals surface area contributed by atoms with Crippen molar-refractivity contribution in [1.29, 1.82) is 0 Å². The van der Waals surface area contributed by atoms with E-state index in [9.17, 15) is 18.0 Å². The van der Waals surface area contributed by atoms with E-state index in [1.54, 1.807) is 58.0 Å². The highest BCUT2D eigenvalue weighted by Crippen LogP contribution is 2.33. The van der Waals surface area contributed by atoms with Crippen molar-refractivity contribution >= 4 is 61.6 Å². The summed E-state index contributed by atoms with van der Waals surface area (Å²) in [5.74, 6) is -1.62. The molecule has 0 bridgehead atoms. The molecule has 0 aliphatic heterocycles. The van der Waals surface area contributed by atoms with E-state index in [4.69, 9.17) is 37.2 Å². The van der Waals surface area contributed by atoms with Crippen LogP contribution in [-0.2, 0) is 24.3 Å². The zero-order valence-electron chi connectivity index (χ0n) is 22.0. The van der Waals surface area contributed by atoms with Crippen molar-refractivity contribution in [3.63, 3.8) is 0 Å². The second-order valence-electron chi connectivity index (χ2n) is 9.56. The first-order chi connectivity index (χ1) is 18.8. The van der Waals surface area contributed by atoms with E-state index in [-0.39, 0.29) is 39.0 Å². The van der Waals surface area contributed by atoms with Crippen LogP contribution in [0, 0.1) is 0 Å². The van der Waals surface area contributed by atoms with Gasteiger partial charge in [-0.3, -0.25) is 9.10 Å². The molecule has 0 amide bonds. The van der Waals surface area contributed by atoms with Crippen LogP contribution in [0.2, 0.25) is 10.0 Å². The van der Waals surface area contributed by atoms with Crippen molar-refractivity contribution < 1.29 is 32.0 Å².